The SMILES string of the molecule is CC1=C(C)N2C(=NC3=C(CCC/C3=C/c3ccccc3)[C@@H]2c2ccccc2)S1. The molecular formula is C25H24N2S. The van der Waals surface area contributed by atoms with Crippen molar-refractivity contribution in [3.63, 3.8) is 0 Å². The van der Waals surface area contributed by atoms with Gasteiger partial charge in [0.05, 0.1) is 11.7 Å². The highest BCUT2D eigenvalue weighted by Gasteiger charge is 2.39. The van der Waals surface area contributed by atoms with Crippen LogP contribution >= 0.6 is 11.8 Å². The van der Waals surface area contributed by atoms with Gasteiger partial charge in [-0.2, -0.15) is 0 Å². The van der Waals surface area contributed by atoms with E-state index in [1.54, 1.807) is 0 Å². The van der Waals surface area contributed by atoms with Crippen LogP contribution in [0.3, 0.4) is 0 Å². The third-order valence-electron chi connectivity index (χ3n) is 5.87. The average Bonchev–Trinajstić information content (AvgIpc) is 3.02. The predicted octanol–water partition coefficient (Wildman–Crippen LogP) is 6.92. The number of nitrogens with zero attached hydrogens (tertiary/aromatic N) is 2. The molecule has 0 radical (unpaired) electrons. The Labute approximate surface area is 171 Å². The molecule has 1 atom stereocenters. The number of amidine groups is 1. The molecule has 2 aromatic carbocycles. The van der Waals surface area contributed by atoms with Crippen LogP contribution in [0.25, 0.3) is 6.08 Å². The van der Waals surface area contributed by atoms with E-state index in [1.165, 1.54) is 45.0 Å². The summed E-state index contributed by atoms with van der Waals surface area (Å²) in [6.45, 7) is 4.44. The first-order valence-corrected chi connectivity index (χ1v) is 10.8. The van der Waals surface area contributed by atoms with Gasteiger partial charge in [0.2, 0.25) is 0 Å². The molecule has 2 heterocycles. The molecule has 28 heavy (non-hydrogen) atoms. The topological polar surface area (TPSA) is 15.6 Å². The molecule has 3 aliphatic rings. The Morgan fingerprint density at radius 2 is 1.68 bits per heavy atom. The van der Waals surface area contributed by atoms with E-state index in [2.05, 4.69) is 85.5 Å². The smallest absolute Gasteiger partial charge is 0.174 e. The summed E-state index contributed by atoms with van der Waals surface area (Å²) in [6.07, 6.45) is 5.74. The van der Waals surface area contributed by atoms with Gasteiger partial charge in [-0.05, 0) is 61.5 Å². The second kappa shape index (κ2) is 7.14. The van der Waals surface area contributed by atoms with E-state index < -0.39 is 0 Å². The molecule has 0 aromatic heterocycles. The van der Waals surface area contributed by atoms with Crippen molar-refractivity contribution >= 4 is 23.0 Å². The number of thioether (sulfide) groups is 1. The lowest BCUT2D eigenvalue weighted by Crippen LogP contribution is -2.34. The summed E-state index contributed by atoms with van der Waals surface area (Å²) in [5.74, 6) is 0. The van der Waals surface area contributed by atoms with Crippen LogP contribution < -0.4 is 0 Å². The van der Waals surface area contributed by atoms with Crippen molar-refractivity contribution in [2.45, 2.75) is 39.2 Å². The Bertz CT molecular complexity index is 1030. The first-order chi connectivity index (χ1) is 13.7. The predicted molar refractivity (Wildman–Crippen MR) is 120 cm³/mol. The number of allylic oxidation sites excluding steroid dienone is 3. The van der Waals surface area contributed by atoms with Crippen LogP contribution in [-0.4, -0.2) is 10.1 Å². The molecule has 2 nitrogen and oxygen atoms in total. The second-order valence-electron chi connectivity index (χ2n) is 7.63. The fraction of sp³-hybridized carbons (Fsp3) is 0.240. The average molecular weight is 385 g/mol. The van der Waals surface area contributed by atoms with Gasteiger partial charge in [0.25, 0.3) is 0 Å². The Morgan fingerprint density at radius 1 is 0.964 bits per heavy atom. The number of hydrogen-bond donors (Lipinski definition) is 0. The molecule has 0 N–H and O–H groups in total. The van der Waals surface area contributed by atoms with Crippen LogP contribution in [0.5, 0.6) is 0 Å². The number of hydrogen-bond acceptors (Lipinski definition) is 3. The van der Waals surface area contributed by atoms with Gasteiger partial charge in [0.15, 0.2) is 5.17 Å². The van der Waals surface area contributed by atoms with Crippen molar-refractivity contribution in [1.29, 1.82) is 0 Å². The van der Waals surface area contributed by atoms with Gasteiger partial charge in [0, 0.05) is 10.6 Å². The summed E-state index contributed by atoms with van der Waals surface area (Å²) in [5, 5.41) is 1.13. The number of fused-ring (bicyclic) bond motifs is 1. The Morgan fingerprint density at radius 3 is 2.43 bits per heavy atom. The highest BCUT2D eigenvalue weighted by molar-refractivity contribution is 8.17. The molecule has 0 saturated carbocycles. The third kappa shape index (κ3) is 2.94. The lowest BCUT2D eigenvalue weighted by atomic mass is 9.83. The summed E-state index contributed by atoms with van der Waals surface area (Å²) in [4.78, 5) is 9.01. The molecule has 0 fully saturated rings. The molecule has 2 aromatic rings. The molecular weight excluding hydrogens is 360 g/mol. The van der Waals surface area contributed by atoms with Gasteiger partial charge in [-0.3, -0.25) is 0 Å². The zero-order valence-electron chi connectivity index (χ0n) is 16.4. The minimum absolute atomic E-state index is 0.258. The zero-order chi connectivity index (χ0) is 19.1. The summed E-state index contributed by atoms with van der Waals surface area (Å²) in [7, 11) is 0. The minimum Gasteiger partial charge on any atom is -0.313 e. The standard InChI is InChI=1S/C25H24N2S/c1-17-18(2)28-25-26-23-21(16-19-10-5-3-6-11-19)14-9-15-22(23)24(27(17)25)20-12-7-4-8-13-20/h3-8,10-13,16,24H,9,14-15H2,1-2H3/b21-16-/t24-/m0/s1. The van der Waals surface area contributed by atoms with Crippen molar-refractivity contribution in [1.82, 2.24) is 4.90 Å². The zero-order valence-corrected chi connectivity index (χ0v) is 17.2. The van der Waals surface area contributed by atoms with Gasteiger partial charge in [-0.1, -0.05) is 72.4 Å². The fourth-order valence-electron chi connectivity index (χ4n) is 4.40. The van der Waals surface area contributed by atoms with Crippen molar-refractivity contribution < 1.29 is 0 Å². The normalized spacial score (nSPS) is 23.1. The Kier molecular flexibility index (Phi) is 4.48. The van der Waals surface area contributed by atoms with Gasteiger partial charge >= 0.3 is 0 Å². The van der Waals surface area contributed by atoms with E-state index in [4.69, 9.17) is 4.99 Å². The van der Waals surface area contributed by atoms with Crippen molar-refractivity contribution in [2.75, 3.05) is 0 Å². The molecule has 0 amide bonds. The van der Waals surface area contributed by atoms with Crippen LogP contribution in [0.15, 0.2) is 93.1 Å². The molecule has 5 rings (SSSR count). The van der Waals surface area contributed by atoms with E-state index in [1.807, 2.05) is 11.8 Å². The highest BCUT2D eigenvalue weighted by atomic mass is 32.2. The van der Waals surface area contributed by atoms with Crippen molar-refractivity contribution in [2.24, 2.45) is 4.99 Å². The van der Waals surface area contributed by atoms with Gasteiger partial charge in [0.1, 0.15) is 0 Å². The molecule has 3 heteroatoms. The van der Waals surface area contributed by atoms with Crippen LogP contribution in [0.4, 0.5) is 0 Å². The number of benzene rings is 2. The minimum atomic E-state index is 0.258. The summed E-state index contributed by atoms with van der Waals surface area (Å²) < 4.78 is 0. The monoisotopic (exact) mass is 384 g/mol. The number of rotatable bonds is 2. The molecule has 0 spiro atoms. The van der Waals surface area contributed by atoms with Crippen LogP contribution in [0, 0.1) is 0 Å². The molecule has 0 bridgehead atoms. The molecule has 140 valence electrons. The lowest BCUT2D eigenvalue weighted by molar-refractivity contribution is 0.411. The van der Waals surface area contributed by atoms with E-state index in [0.717, 1.165) is 18.0 Å². The molecule has 2 aliphatic heterocycles. The summed E-state index contributed by atoms with van der Waals surface area (Å²) in [6, 6.07) is 21.8. The third-order valence-corrected chi connectivity index (χ3v) is 6.95. The first-order valence-electron chi connectivity index (χ1n) is 9.99. The van der Waals surface area contributed by atoms with Crippen LogP contribution in [0.2, 0.25) is 0 Å². The van der Waals surface area contributed by atoms with Gasteiger partial charge < -0.3 is 4.90 Å². The molecule has 0 saturated heterocycles. The van der Waals surface area contributed by atoms with Crippen molar-refractivity contribution in [3.8, 4) is 0 Å². The first kappa shape index (κ1) is 17.6. The maximum Gasteiger partial charge on any atom is 0.174 e. The molecule has 1 aliphatic carbocycles. The van der Waals surface area contributed by atoms with Gasteiger partial charge in [-0.25, -0.2) is 4.99 Å². The quantitative estimate of drug-likeness (QED) is 0.558. The van der Waals surface area contributed by atoms with E-state index in [-0.39, 0.29) is 6.04 Å². The fourth-order valence-corrected chi connectivity index (χ4v) is 5.40. The van der Waals surface area contributed by atoms with Gasteiger partial charge in [-0.15, -0.1) is 0 Å². The van der Waals surface area contributed by atoms with Crippen LogP contribution in [0.1, 0.15) is 50.3 Å². The lowest BCUT2D eigenvalue weighted by Gasteiger charge is -2.39. The van der Waals surface area contributed by atoms with Crippen molar-refractivity contribution in [3.05, 3.63) is 99.2 Å². The van der Waals surface area contributed by atoms with E-state index in [9.17, 15) is 0 Å². The Hall–Kier alpha value is -2.52. The number of aliphatic imine (C=N–C) groups is 1. The maximum absolute atomic E-state index is 5.20. The second-order valence-corrected chi connectivity index (χ2v) is 8.81. The summed E-state index contributed by atoms with van der Waals surface area (Å²) >= 11 is 1.81. The largest absolute Gasteiger partial charge is 0.313 e. The van der Waals surface area contributed by atoms with E-state index in [0.29, 0.717) is 0 Å². The molecule has 0 unspecified atom stereocenters. The van der Waals surface area contributed by atoms with E-state index >= 15 is 0 Å². The highest BCUT2D eigenvalue weighted by Crippen LogP contribution is 2.50. The summed E-state index contributed by atoms with van der Waals surface area (Å²) in [5.41, 5.74) is 8.03. The van der Waals surface area contributed by atoms with Crippen LogP contribution in [-0.2, 0) is 0 Å². The maximum atomic E-state index is 5.20. The Balaban J connectivity index is 1.67.